The fourth-order valence-corrected chi connectivity index (χ4v) is 8.57. The molecule has 20 nitrogen and oxygen atoms in total. The van der Waals surface area contributed by atoms with Crippen LogP contribution in [0.15, 0.2) is 43.4 Å². The van der Waals surface area contributed by atoms with Crippen LogP contribution in [0.1, 0.15) is 12.5 Å². The zero-order chi connectivity index (χ0) is 38.9. The Bertz CT molecular complexity index is 2120. The zero-order valence-corrected chi connectivity index (χ0v) is 32.1. The molecule has 2 saturated heterocycles. The molecule has 10 atom stereocenters. The van der Waals surface area contributed by atoms with Gasteiger partial charge in [0, 0.05) is 25.8 Å². The van der Waals surface area contributed by atoms with E-state index in [2.05, 4.69) is 47.8 Å². The van der Waals surface area contributed by atoms with E-state index in [1.807, 2.05) is 0 Å². The topological polar surface area (TPSA) is 232 Å². The number of aliphatic hydroxyl groups is 1. The molecule has 2 unspecified atom stereocenters. The Hall–Kier alpha value is -3.38. The van der Waals surface area contributed by atoms with Crippen molar-refractivity contribution in [2.45, 2.75) is 49.2 Å². The van der Waals surface area contributed by atoms with Gasteiger partial charge in [-0.2, -0.15) is 0 Å². The van der Waals surface area contributed by atoms with Crippen LogP contribution in [0.5, 0.6) is 0 Å². The van der Waals surface area contributed by atoms with E-state index in [0.717, 1.165) is 6.33 Å². The Morgan fingerprint density at radius 3 is 2.71 bits per heavy atom. The maximum absolute atomic E-state index is 16.3. The van der Waals surface area contributed by atoms with Crippen molar-refractivity contribution in [2.24, 2.45) is 0 Å². The molecule has 0 aliphatic carbocycles. The summed E-state index contributed by atoms with van der Waals surface area (Å²) in [7, 11) is -0.927. The summed E-state index contributed by atoms with van der Waals surface area (Å²) < 4.78 is 80.7. The second-order valence-electron chi connectivity index (χ2n) is 12.2. The minimum absolute atomic E-state index is 0.0387. The minimum Gasteiger partial charge on any atom is -0.448 e. The Morgan fingerprint density at radius 1 is 1.15 bits per heavy atom. The predicted molar refractivity (Wildman–Crippen MR) is 197 cm³/mol. The molecular weight excluding hydrogens is 812 g/mol. The van der Waals surface area contributed by atoms with Gasteiger partial charge in [-0.25, -0.2) is 38.5 Å². The maximum atomic E-state index is 16.3. The standard InChI is InChI=1S/C29H34F2N10O10P2S2/c1-32-6-9-46-29(43)40-7-3-2-5-33-23-15-4-8-39(24(15)35-12-34-23)27-18(30)21(50-52(44)54)17(49-27)11-47-53(45,55)51-22-16(10-42)48-28(19(22)31)41-14-38-20-25(40)36-13-37-26(20)41/h2-4,8,12-14,16-19,21-22,27-28,32,42H,5-7,9-11H2,1H3,(H2-,33,34,35,44,45,54,55)/p+1/b3-2+/t16-,17-,18-,19-,21-,22-,27-,28-,53?/m1/s1. The number of thiol groups is 1. The first kappa shape index (κ1) is 39.8. The molecule has 12 bridgehead atoms. The summed E-state index contributed by atoms with van der Waals surface area (Å²) in [4.78, 5) is 47.3. The van der Waals surface area contributed by atoms with Crippen molar-refractivity contribution in [2.75, 3.05) is 56.7 Å². The molecule has 0 radical (unpaired) electrons. The third-order valence-electron chi connectivity index (χ3n) is 8.88. The lowest BCUT2D eigenvalue weighted by Gasteiger charge is -2.25. The van der Waals surface area contributed by atoms with Crippen molar-refractivity contribution in [1.82, 2.24) is 39.4 Å². The van der Waals surface area contributed by atoms with E-state index in [1.54, 1.807) is 25.3 Å². The van der Waals surface area contributed by atoms with Gasteiger partial charge in [-0.05, 0) is 29.5 Å². The van der Waals surface area contributed by atoms with Crippen LogP contribution in [-0.4, -0.2) is 133 Å². The molecule has 3 aliphatic heterocycles. The number of rotatable bonds is 6. The van der Waals surface area contributed by atoms with Crippen LogP contribution >= 0.6 is 26.2 Å². The van der Waals surface area contributed by atoms with Gasteiger partial charge in [0.2, 0.25) is 0 Å². The van der Waals surface area contributed by atoms with Gasteiger partial charge in [0.05, 0.1) is 24.9 Å². The number of carbonyl (C=O) groups excluding carboxylic acids is 1. The van der Waals surface area contributed by atoms with E-state index in [0.29, 0.717) is 17.7 Å². The lowest BCUT2D eigenvalue weighted by Crippen LogP contribution is -2.35. The predicted octanol–water partition coefficient (Wildman–Crippen LogP) is 2.47. The van der Waals surface area contributed by atoms with Crippen LogP contribution in [0.3, 0.4) is 0 Å². The molecule has 296 valence electrons. The molecule has 0 spiro atoms. The summed E-state index contributed by atoms with van der Waals surface area (Å²) in [5.74, 6) is 0.451. The number of anilines is 2. The van der Waals surface area contributed by atoms with E-state index < -0.39 is 82.5 Å². The number of aliphatic hydroxyl groups excluding tert-OH is 1. The highest BCUT2D eigenvalue weighted by Gasteiger charge is 2.53. The molecule has 26 heteroatoms. The van der Waals surface area contributed by atoms with E-state index in [1.165, 1.54) is 32.9 Å². The van der Waals surface area contributed by atoms with Crippen molar-refractivity contribution in [3.05, 3.63) is 43.4 Å². The second kappa shape index (κ2) is 17.0. The first-order valence-electron chi connectivity index (χ1n) is 16.7. The molecule has 3 aliphatic rings. The van der Waals surface area contributed by atoms with Crippen molar-refractivity contribution in [1.29, 1.82) is 0 Å². The summed E-state index contributed by atoms with van der Waals surface area (Å²) in [5.41, 5.74) is 0.432. The first-order valence-corrected chi connectivity index (χ1v) is 21.6. The Morgan fingerprint density at radius 2 is 1.93 bits per heavy atom. The summed E-state index contributed by atoms with van der Waals surface area (Å²) in [6.07, 6.45) is -4.95. The molecule has 4 aromatic heterocycles. The lowest BCUT2D eigenvalue weighted by atomic mass is 10.1. The maximum Gasteiger partial charge on any atom is 0.582 e. The number of hydrogen-bond donors (Lipinski definition) is 5. The monoisotopic (exact) mass is 847 g/mol. The van der Waals surface area contributed by atoms with Gasteiger partial charge in [0.1, 0.15) is 61.3 Å². The molecule has 2 fully saturated rings. The highest BCUT2D eigenvalue weighted by Crippen LogP contribution is 2.51. The number of nitrogens with zero attached hydrogens (tertiary/aromatic N) is 8. The molecule has 0 saturated carbocycles. The van der Waals surface area contributed by atoms with Gasteiger partial charge < -0.3 is 43.9 Å². The third kappa shape index (κ3) is 8.22. The summed E-state index contributed by atoms with van der Waals surface area (Å²) in [6.45, 7) is -5.17. The fourth-order valence-electron chi connectivity index (χ4n) is 6.35. The largest absolute Gasteiger partial charge is 0.582 e. The molecule has 0 aromatic carbocycles. The van der Waals surface area contributed by atoms with E-state index >= 15 is 8.78 Å². The molecule has 1 amide bonds. The minimum atomic E-state index is -4.39. The molecule has 4 N–H and O–H groups in total. The number of hydrogen-bond acceptors (Lipinski definition) is 17. The Balaban J connectivity index is 1.26. The van der Waals surface area contributed by atoms with Crippen molar-refractivity contribution < 1.29 is 55.9 Å². The van der Waals surface area contributed by atoms with Crippen LogP contribution in [0.25, 0.3) is 22.2 Å². The Labute approximate surface area is 321 Å². The fraction of sp³-hybridized carbons (Fsp3) is 0.517. The number of nitrogens with one attached hydrogen (secondary N) is 2. The number of aromatic nitrogens is 7. The van der Waals surface area contributed by atoms with E-state index in [-0.39, 0.29) is 42.3 Å². The van der Waals surface area contributed by atoms with Crippen LogP contribution < -0.4 is 15.5 Å². The number of fused-ring (bicyclic) bond motifs is 6. The number of imidazole rings is 1. The molecule has 4 aromatic rings. The SMILES string of the molecule is CNCCOC(=O)N1C/C=C/CNc2ncnc3c2ccn3[C@@H]2O[C@H](COP(O)(=S)O[C@H]3[C@@H](F)[C@@H](O[C@@H]3CO)n3cnc4c1ncnc43)[C@@H](O[P+](=O)S)[C@H]2F. The molecule has 55 heavy (non-hydrogen) atoms. The average Bonchev–Trinajstić information content (AvgIpc) is 3.93. The highest BCUT2D eigenvalue weighted by atomic mass is 32.7. The molecule has 7 rings (SSSR count). The number of halogens is 2. The number of amides is 1. The number of carbonyl (C=O) groups is 1. The summed E-state index contributed by atoms with van der Waals surface area (Å²) in [5, 5.41) is 16.7. The Kier molecular flexibility index (Phi) is 12.3. The van der Waals surface area contributed by atoms with Crippen LogP contribution in [-0.2, 0) is 44.2 Å². The average molecular weight is 848 g/mol. The van der Waals surface area contributed by atoms with Gasteiger partial charge >= 0.3 is 20.0 Å². The quantitative estimate of drug-likeness (QED) is 0.0812. The second-order valence-corrected chi connectivity index (χ2v) is 16.7. The van der Waals surface area contributed by atoms with Crippen molar-refractivity contribution in [3.63, 3.8) is 0 Å². The van der Waals surface area contributed by atoms with Crippen molar-refractivity contribution in [3.8, 4) is 0 Å². The normalized spacial score (nSPS) is 31.1. The van der Waals surface area contributed by atoms with Gasteiger partial charge in [-0.3, -0.25) is 14.0 Å². The number of ether oxygens (including phenoxy) is 3. The van der Waals surface area contributed by atoms with Crippen LogP contribution in [0.2, 0.25) is 0 Å². The number of likely N-dealkylation sites (N-methyl/N-ethyl adjacent to an activating group) is 1. The molecule has 7 heterocycles. The summed E-state index contributed by atoms with van der Waals surface area (Å²) in [6, 6.07) is 1.64. The smallest absolute Gasteiger partial charge is 0.448 e. The van der Waals surface area contributed by atoms with Gasteiger partial charge in [-0.15, -0.1) is 4.52 Å². The first-order chi connectivity index (χ1) is 26.5. The van der Waals surface area contributed by atoms with E-state index in [9.17, 15) is 19.4 Å². The van der Waals surface area contributed by atoms with Crippen LogP contribution in [0.4, 0.5) is 25.2 Å². The van der Waals surface area contributed by atoms with Crippen LogP contribution in [0, 0.1) is 0 Å². The highest BCUT2D eigenvalue weighted by molar-refractivity contribution is 8.39. The summed E-state index contributed by atoms with van der Waals surface area (Å²) >= 11 is 8.98. The van der Waals surface area contributed by atoms with Gasteiger partial charge in [0.25, 0.3) is 0 Å². The number of alkyl halides is 2. The zero-order valence-electron chi connectivity index (χ0n) is 28.6. The van der Waals surface area contributed by atoms with Gasteiger partial charge in [0.15, 0.2) is 47.9 Å². The van der Waals surface area contributed by atoms with Gasteiger partial charge in [-0.1, -0.05) is 12.2 Å². The lowest BCUT2D eigenvalue weighted by molar-refractivity contribution is -0.0505. The molecular formula is C29H35F2N10O10P2S2+. The van der Waals surface area contributed by atoms with E-state index in [4.69, 9.17) is 39.6 Å². The third-order valence-corrected chi connectivity index (χ3v) is 11.1. The van der Waals surface area contributed by atoms with Crippen molar-refractivity contribution >= 4 is 77.9 Å².